The molecule has 2 N–H and O–H groups in total. The van der Waals surface area contributed by atoms with Gasteiger partial charge in [0.25, 0.3) is 5.91 Å². The van der Waals surface area contributed by atoms with Gasteiger partial charge in [-0.25, -0.2) is 4.31 Å². The van der Waals surface area contributed by atoms with Gasteiger partial charge in [-0.2, -0.15) is 18.4 Å². The van der Waals surface area contributed by atoms with E-state index in [0.29, 0.717) is 18.2 Å². The second-order valence-corrected chi connectivity index (χ2v) is 8.58. The van der Waals surface area contributed by atoms with Gasteiger partial charge in [-0.15, -0.1) is 0 Å². The highest BCUT2D eigenvalue weighted by Crippen LogP contribution is 2.33. The second-order valence-electron chi connectivity index (χ2n) is 6.91. The van der Waals surface area contributed by atoms with E-state index < -0.39 is 28.8 Å². The fraction of sp³-hybridized carbons (Fsp3) is 0.400. The van der Waals surface area contributed by atoms with Crippen molar-refractivity contribution in [3.63, 3.8) is 0 Å². The lowest BCUT2D eigenvalue weighted by Gasteiger charge is -2.31. The summed E-state index contributed by atoms with van der Waals surface area (Å²) >= 11 is 1.40. The third-order valence-corrected chi connectivity index (χ3v) is 4.68. The zero-order valence-electron chi connectivity index (χ0n) is 16.5. The number of alkyl halides is 3. The lowest BCUT2D eigenvalue weighted by molar-refractivity contribution is -0.138. The summed E-state index contributed by atoms with van der Waals surface area (Å²) in [5, 5.41) is 22.0. The van der Waals surface area contributed by atoms with E-state index in [0.717, 1.165) is 6.07 Å². The van der Waals surface area contributed by atoms with E-state index in [1.807, 2.05) is 13.8 Å². The maximum absolute atomic E-state index is 13.1. The van der Waals surface area contributed by atoms with E-state index >= 15 is 0 Å². The molecule has 0 bridgehead atoms. The van der Waals surface area contributed by atoms with Crippen molar-refractivity contribution in [1.29, 1.82) is 5.26 Å². The van der Waals surface area contributed by atoms with Crippen LogP contribution in [0.15, 0.2) is 43.0 Å². The van der Waals surface area contributed by atoms with Gasteiger partial charge >= 0.3 is 6.18 Å². The van der Waals surface area contributed by atoms with Gasteiger partial charge in [0.05, 0.1) is 17.2 Å². The fourth-order valence-electron chi connectivity index (χ4n) is 2.35. The molecule has 0 aliphatic carbocycles. The molecule has 0 aliphatic heterocycles. The van der Waals surface area contributed by atoms with Crippen molar-refractivity contribution >= 4 is 23.5 Å². The summed E-state index contributed by atoms with van der Waals surface area (Å²) < 4.78 is 41.0. The van der Waals surface area contributed by atoms with Crippen molar-refractivity contribution in [2.75, 3.05) is 18.4 Å². The van der Waals surface area contributed by atoms with Crippen LogP contribution in [0.5, 0.6) is 0 Å². The van der Waals surface area contributed by atoms with E-state index in [1.54, 1.807) is 10.4 Å². The molecule has 0 heterocycles. The van der Waals surface area contributed by atoms with Gasteiger partial charge in [0.2, 0.25) is 0 Å². The van der Waals surface area contributed by atoms with E-state index in [4.69, 9.17) is 5.26 Å². The molecule has 9 heteroatoms. The first-order chi connectivity index (χ1) is 13.3. The monoisotopic (exact) mass is 427 g/mol. The van der Waals surface area contributed by atoms with Crippen LogP contribution >= 0.6 is 11.9 Å². The standard InChI is InChI=1S/C20H24F3N3O2S/c1-6-14(4)11-26(29-13(2)3)12-19(5,28)18(27)25-16-8-7-15(10-24)17(9-16)20(21,22)23/h6-9,13,28H,1,4,11-12H2,2-3,5H3,(H,25,27)/t19-/m0/s1. The number of hydrogen-bond donors (Lipinski definition) is 2. The molecule has 0 spiro atoms. The maximum Gasteiger partial charge on any atom is 0.417 e. The van der Waals surface area contributed by atoms with Crippen molar-refractivity contribution in [1.82, 2.24) is 4.31 Å². The molecular formula is C20H24F3N3O2S. The van der Waals surface area contributed by atoms with E-state index in [2.05, 4.69) is 18.5 Å². The van der Waals surface area contributed by atoms with Crippen LogP contribution in [0.1, 0.15) is 31.9 Å². The van der Waals surface area contributed by atoms with Crippen LogP contribution in [-0.4, -0.2) is 39.3 Å². The molecule has 1 aromatic carbocycles. The molecule has 0 aromatic heterocycles. The highest BCUT2D eigenvalue weighted by atomic mass is 32.2. The summed E-state index contributed by atoms with van der Waals surface area (Å²) in [5.74, 6) is -0.867. The third-order valence-electron chi connectivity index (χ3n) is 3.70. The Morgan fingerprint density at radius 3 is 2.55 bits per heavy atom. The predicted molar refractivity (Wildman–Crippen MR) is 109 cm³/mol. The predicted octanol–water partition coefficient (Wildman–Crippen LogP) is 4.37. The summed E-state index contributed by atoms with van der Waals surface area (Å²) in [6.07, 6.45) is -3.18. The molecule has 1 amide bonds. The Hall–Kier alpha value is -2.28. The van der Waals surface area contributed by atoms with Gasteiger partial charge in [0, 0.05) is 24.0 Å². The number of aliphatic hydroxyl groups is 1. The summed E-state index contributed by atoms with van der Waals surface area (Å²) in [7, 11) is 0. The first kappa shape index (κ1) is 24.8. The number of benzene rings is 1. The van der Waals surface area contributed by atoms with Crippen LogP contribution < -0.4 is 5.32 Å². The first-order valence-electron chi connectivity index (χ1n) is 8.67. The Bertz CT molecular complexity index is 814. The molecule has 0 radical (unpaired) electrons. The smallest absolute Gasteiger partial charge is 0.379 e. The number of nitrogens with zero attached hydrogens (tertiary/aromatic N) is 2. The van der Waals surface area contributed by atoms with E-state index in [1.165, 1.54) is 31.0 Å². The van der Waals surface area contributed by atoms with Crippen LogP contribution in [-0.2, 0) is 11.0 Å². The molecule has 0 saturated carbocycles. The van der Waals surface area contributed by atoms with E-state index in [-0.39, 0.29) is 17.5 Å². The van der Waals surface area contributed by atoms with Crippen LogP contribution in [0.25, 0.3) is 0 Å². The third kappa shape index (κ3) is 7.57. The normalized spacial score (nSPS) is 13.7. The number of hydrogen-bond acceptors (Lipinski definition) is 5. The average molecular weight is 427 g/mol. The minimum absolute atomic E-state index is 0.0864. The molecule has 1 rings (SSSR count). The lowest BCUT2D eigenvalue weighted by Crippen LogP contribution is -2.48. The van der Waals surface area contributed by atoms with Gasteiger partial charge < -0.3 is 10.4 Å². The number of amides is 1. The number of rotatable bonds is 9. The zero-order chi connectivity index (χ0) is 22.4. The van der Waals surface area contributed by atoms with Crippen molar-refractivity contribution in [2.24, 2.45) is 0 Å². The van der Waals surface area contributed by atoms with Crippen LogP contribution in [0.3, 0.4) is 0 Å². The lowest BCUT2D eigenvalue weighted by atomic mass is 10.0. The van der Waals surface area contributed by atoms with Crippen molar-refractivity contribution < 1.29 is 23.1 Å². The number of nitriles is 1. The minimum Gasteiger partial charge on any atom is -0.379 e. The van der Waals surface area contributed by atoms with Crippen LogP contribution in [0, 0.1) is 11.3 Å². The summed E-state index contributed by atoms with van der Waals surface area (Å²) in [5.41, 5.74) is -3.08. The molecule has 0 saturated heterocycles. The Balaban J connectivity index is 3.02. The average Bonchev–Trinajstić information content (AvgIpc) is 2.59. The molecule has 1 aromatic rings. The molecule has 29 heavy (non-hydrogen) atoms. The number of nitrogens with one attached hydrogen (secondary N) is 1. The summed E-state index contributed by atoms with van der Waals surface area (Å²) in [6, 6.07) is 4.30. The quantitative estimate of drug-likeness (QED) is 0.452. The molecule has 0 fully saturated rings. The van der Waals surface area contributed by atoms with Gasteiger partial charge in [-0.3, -0.25) is 4.79 Å². The molecular weight excluding hydrogens is 403 g/mol. The SMILES string of the molecule is C=CC(=C)CN(C[C@](C)(O)C(=O)Nc1ccc(C#N)c(C(F)(F)F)c1)SC(C)C. The highest BCUT2D eigenvalue weighted by molar-refractivity contribution is 7.97. The molecule has 0 aliphatic rings. The van der Waals surface area contributed by atoms with Gasteiger partial charge in [-0.1, -0.05) is 45.0 Å². The minimum atomic E-state index is -4.75. The van der Waals surface area contributed by atoms with Crippen LogP contribution in [0.2, 0.25) is 0 Å². The van der Waals surface area contributed by atoms with Crippen molar-refractivity contribution in [2.45, 2.75) is 37.8 Å². The Morgan fingerprint density at radius 2 is 2.07 bits per heavy atom. The largest absolute Gasteiger partial charge is 0.417 e. The van der Waals surface area contributed by atoms with Crippen LogP contribution in [0.4, 0.5) is 18.9 Å². The summed E-state index contributed by atoms with van der Waals surface area (Å²) in [4.78, 5) is 12.5. The van der Waals surface area contributed by atoms with Crippen molar-refractivity contribution in [3.05, 3.63) is 54.1 Å². The Kier molecular flexibility index (Phi) is 8.50. The Morgan fingerprint density at radius 1 is 1.45 bits per heavy atom. The second kappa shape index (κ2) is 9.96. The van der Waals surface area contributed by atoms with Crippen molar-refractivity contribution in [3.8, 4) is 6.07 Å². The molecule has 1 atom stereocenters. The highest BCUT2D eigenvalue weighted by Gasteiger charge is 2.36. The number of carbonyl (C=O) groups is 1. The Labute approximate surface area is 173 Å². The van der Waals surface area contributed by atoms with E-state index in [9.17, 15) is 23.1 Å². The number of halogens is 3. The molecule has 0 unspecified atom stereocenters. The molecule has 5 nitrogen and oxygen atoms in total. The molecule has 158 valence electrons. The topological polar surface area (TPSA) is 76.4 Å². The fourth-order valence-corrected chi connectivity index (χ4v) is 3.52. The maximum atomic E-state index is 13.1. The first-order valence-corrected chi connectivity index (χ1v) is 9.51. The zero-order valence-corrected chi connectivity index (χ0v) is 17.3. The van der Waals surface area contributed by atoms with Gasteiger partial charge in [0.15, 0.2) is 5.60 Å². The number of carbonyl (C=O) groups excluding carboxylic acids is 1. The summed E-state index contributed by atoms with van der Waals surface area (Å²) in [6.45, 7) is 12.9. The van der Waals surface area contributed by atoms with Gasteiger partial charge in [-0.05, 0) is 30.7 Å². The number of anilines is 1. The van der Waals surface area contributed by atoms with Gasteiger partial charge in [0.1, 0.15) is 0 Å².